The van der Waals surface area contributed by atoms with Gasteiger partial charge in [0.1, 0.15) is 0 Å². The van der Waals surface area contributed by atoms with Crippen molar-refractivity contribution in [3.63, 3.8) is 0 Å². The molecule has 18 heavy (non-hydrogen) atoms. The molecule has 0 saturated heterocycles. The van der Waals surface area contributed by atoms with Gasteiger partial charge in [-0.2, -0.15) is 0 Å². The Kier molecular flexibility index (Phi) is 6.40. The normalized spacial score (nSPS) is 15.9. The van der Waals surface area contributed by atoms with Crippen LogP contribution in [0.5, 0.6) is 0 Å². The van der Waals surface area contributed by atoms with Crippen molar-refractivity contribution >= 4 is 8.32 Å². The highest BCUT2D eigenvalue weighted by Crippen LogP contribution is 2.38. The molecule has 0 bridgehead atoms. The standard InChI is InChI=1S/C16H30OSi/c1-10-11-14(4)12-15(13(2)3)17-18(8,9)16(5,6)7/h1,14-15H,2,11-12H2,3-9H3/t14-,15-/m0/s1. The van der Waals surface area contributed by atoms with Crippen molar-refractivity contribution in [1.29, 1.82) is 0 Å². The first-order valence-corrected chi connectivity index (χ1v) is 9.68. The van der Waals surface area contributed by atoms with Gasteiger partial charge in [-0.15, -0.1) is 12.3 Å². The van der Waals surface area contributed by atoms with E-state index >= 15 is 0 Å². The molecule has 0 heterocycles. The molecule has 0 rings (SSSR count). The zero-order chi connectivity index (χ0) is 14.6. The van der Waals surface area contributed by atoms with Crippen LogP contribution in [0, 0.1) is 18.3 Å². The lowest BCUT2D eigenvalue weighted by Crippen LogP contribution is -2.44. The lowest BCUT2D eigenvalue weighted by Gasteiger charge is -2.40. The lowest BCUT2D eigenvalue weighted by molar-refractivity contribution is 0.185. The first kappa shape index (κ1) is 17.5. The van der Waals surface area contributed by atoms with E-state index in [9.17, 15) is 0 Å². The predicted octanol–water partition coefficient (Wildman–Crippen LogP) is 5.00. The Hall–Kier alpha value is -0.523. The molecule has 1 nitrogen and oxygen atoms in total. The van der Waals surface area contributed by atoms with Crippen molar-refractivity contribution in [2.24, 2.45) is 5.92 Å². The van der Waals surface area contributed by atoms with Crippen LogP contribution < -0.4 is 0 Å². The quantitative estimate of drug-likeness (QED) is 0.373. The fraction of sp³-hybridized carbons (Fsp3) is 0.750. The van der Waals surface area contributed by atoms with E-state index < -0.39 is 8.32 Å². The summed E-state index contributed by atoms with van der Waals surface area (Å²) in [7, 11) is -1.73. The molecule has 0 aliphatic heterocycles. The summed E-state index contributed by atoms with van der Waals surface area (Å²) < 4.78 is 6.45. The molecule has 0 amide bonds. The van der Waals surface area contributed by atoms with Gasteiger partial charge < -0.3 is 4.43 Å². The largest absolute Gasteiger partial charge is 0.410 e. The fourth-order valence-electron chi connectivity index (χ4n) is 1.53. The lowest BCUT2D eigenvalue weighted by atomic mass is 9.97. The second-order valence-electron chi connectivity index (χ2n) is 6.96. The van der Waals surface area contributed by atoms with Crippen LogP contribution >= 0.6 is 0 Å². The van der Waals surface area contributed by atoms with Gasteiger partial charge in [0.2, 0.25) is 0 Å². The zero-order valence-corrected chi connectivity index (χ0v) is 14.3. The third-order valence-electron chi connectivity index (χ3n) is 3.88. The van der Waals surface area contributed by atoms with Crippen molar-refractivity contribution in [3.8, 4) is 12.3 Å². The topological polar surface area (TPSA) is 9.23 Å². The summed E-state index contributed by atoms with van der Waals surface area (Å²) in [6.45, 7) is 19.7. The van der Waals surface area contributed by atoms with Gasteiger partial charge in [0.25, 0.3) is 0 Å². The van der Waals surface area contributed by atoms with Crippen LogP contribution in [0.3, 0.4) is 0 Å². The van der Waals surface area contributed by atoms with Crippen molar-refractivity contribution in [3.05, 3.63) is 12.2 Å². The van der Waals surface area contributed by atoms with Crippen LogP contribution in [0.25, 0.3) is 0 Å². The molecular formula is C16H30OSi. The Morgan fingerprint density at radius 1 is 1.39 bits per heavy atom. The minimum Gasteiger partial charge on any atom is -0.410 e. The summed E-state index contributed by atoms with van der Waals surface area (Å²) in [4.78, 5) is 0. The molecule has 0 aromatic carbocycles. The molecule has 0 unspecified atom stereocenters. The van der Waals surface area contributed by atoms with Crippen LogP contribution in [0.4, 0.5) is 0 Å². The van der Waals surface area contributed by atoms with E-state index in [0.717, 1.165) is 18.4 Å². The van der Waals surface area contributed by atoms with Crippen LogP contribution in [-0.4, -0.2) is 14.4 Å². The summed E-state index contributed by atoms with van der Waals surface area (Å²) in [6.07, 6.45) is 7.31. The summed E-state index contributed by atoms with van der Waals surface area (Å²) in [5.74, 6) is 3.22. The molecule has 0 saturated carbocycles. The number of hydrogen-bond donors (Lipinski definition) is 0. The second kappa shape index (κ2) is 6.59. The summed E-state index contributed by atoms with van der Waals surface area (Å²) in [5, 5.41) is 0.232. The summed E-state index contributed by atoms with van der Waals surface area (Å²) in [6, 6.07) is 0. The van der Waals surface area contributed by atoms with Gasteiger partial charge >= 0.3 is 0 Å². The molecule has 0 radical (unpaired) electrons. The van der Waals surface area contributed by atoms with Crippen LogP contribution in [0.2, 0.25) is 18.1 Å². The maximum absolute atomic E-state index is 6.45. The van der Waals surface area contributed by atoms with Gasteiger partial charge in [0, 0.05) is 6.42 Å². The van der Waals surface area contributed by atoms with E-state index in [1.165, 1.54) is 0 Å². The maximum atomic E-state index is 6.45. The monoisotopic (exact) mass is 266 g/mol. The van der Waals surface area contributed by atoms with E-state index in [1.807, 2.05) is 0 Å². The molecule has 2 heteroatoms. The van der Waals surface area contributed by atoms with Crippen molar-refractivity contribution in [1.82, 2.24) is 0 Å². The highest BCUT2D eigenvalue weighted by atomic mass is 28.4. The fourth-order valence-corrected chi connectivity index (χ4v) is 2.89. The average molecular weight is 267 g/mol. The van der Waals surface area contributed by atoms with Crippen LogP contribution in [0.15, 0.2) is 12.2 Å². The van der Waals surface area contributed by atoms with E-state index in [2.05, 4.69) is 60.2 Å². The molecule has 0 aromatic rings. The molecule has 0 aliphatic rings. The zero-order valence-electron chi connectivity index (χ0n) is 13.3. The molecule has 0 N–H and O–H groups in total. The SMILES string of the molecule is C#CC[C@H](C)C[C@H](O[Si](C)(C)C(C)(C)C)C(=C)C. The number of hydrogen-bond acceptors (Lipinski definition) is 1. The summed E-state index contributed by atoms with van der Waals surface area (Å²) in [5.41, 5.74) is 1.11. The summed E-state index contributed by atoms with van der Waals surface area (Å²) >= 11 is 0. The highest BCUT2D eigenvalue weighted by Gasteiger charge is 2.39. The average Bonchev–Trinajstić information content (AvgIpc) is 2.14. The van der Waals surface area contributed by atoms with Crippen LogP contribution in [-0.2, 0) is 4.43 Å². The van der Waals surface area contributed by atoms with E-state index in [1.54, 1.807) is 0 Å². The molecule has 0 aromatic heterocycles. The van der Waals surface area contributed by atoms with Gasteiger partial charge in [-0.05, 0) is 37.4 Å². The number of terminal acetylenes is 1. The van der Waals surface area contributed by atoms with E-state index in [-0.39, 0.29) is 11.1 Å². The molecule has 0 fully saturated rings. The van der Waals surface area contributed by atoms with Gasteiger partial charge in [-0.3, -0.25) is 0 Å². The first-order valence-electron chi connectivity index (χ1n) is 6.78. The van der Waals surface area contributed by atoms with E-state index in [0.29, 0.717) is 5.92 Å². The first-order chi connectivity index (χ1) is 8.01. The second-order valence-corrected chi connectivity index (χ2v) is 11.7. The molecular weight excluding hydrogens is 236 g/mol. The third kappa shape index (κ3) is 5.41. The Morgan fingerprint density at radius 3 is 2.22 bits per heavy atom. The van der Waals surface area contributed by atoms with Gasteiger partial charge in [0.05, 0.1) is 6.10 Å². The van der Waals surface area contributed by atoms with Gasteiger partial charge in [-0.1, -0.05) is 39.8 Å². The van der Waals surface area contributed by atoms with Crippen LogP contribution in [0.1, 0.15) is 47.5 Å². The Labute approximate surface area is 115 Å². The third-order valence-corrected chi connectivity index (χ3v) is 8.36. The minimum atomic E-state index is -1.73. The Morgan fingerprint density at radius 2 is 1.89 bits per heavy atom. The molecule has 0 aliphatic carbocycles. The minimum absolute atomic E-state index is 0.147. The molecule has 104 valence electrons. The predicted molar refractivity (Wildman–Crippen MR) is 84.1 cm³/mol. The smallest absolute Gasteiger partial charge is 0.192 e. The highest BCUT2D eigenvalue weighted by molar-refractivity contribution is 6.74. The number of rotatable bonds is 6. The van der Waals surface area contributed by atoms with Crippen molar-refractivity contribution in [2.45, 2.75) is 71.7 Å². The Bertz CT molecular complexity index is 317. The molecule has 2 atom stereocenters. The van der Waals surface area contributed by atoms with Crippen molar-refractivity contribution < 1.29 is 4.43 Å². The van der Waals surface area contributed by atoms with Gasteiger partial charge in [-0.25, -0.2) is 0 Å². The van der Waals surface area contributed by atoms with E-state index in [4.69, 9.17) is 10.8 Å². The molecule has 0 spiro atoms. The van der Waals surface area contributed by atoms with Gasteiger partial charge in [0.15, 0.2) is 8.32 Å². The Balaban J connectivity index is 4.75. The van der Waals surface area contributed by atoms with Crippen molar-refractivity contribution in [2.75, 3.05) is 0 Å². The maximum Gasteiger partial charge on any atom is 0.192 e.